The minimum Gasteiger partial charge on any atom is -0.397 e. The lowest BCUT2D eigenvalue weighted by atomic mass is 10.0. The van der Waals surface area contributed by atoms with E-state index >= 15 is 0 Å². The minimum absolute atomic E-state index is 0.0303. The Bertz CT molecular complexity index is 1210. The first kappa shape index (κ1) is 21.9. The van der Waals surface area contributed by atoms with Crippen LogP contribution in [0.25, 0.3) is 10.9 Å². The van der Waals surface area contributed by atoms with E-state index in [1.165, 1.54) is 29.2 Å². The molecule has 0 bridgehead atoms. The van der Waals surface area contributed by atoms with Gasteiger partial charge in [-0.05, 0) is 67.6 Å². The molecular formula is C22H19F3N4O2S. The lowest BCUT2D eigenvalue weighted by molar-refractivity contribution is -0.123. The van der Waals surface area contributed by atoms with Crippen molar-refractivity contribution in [1.82, 2.24) is 9.88 Å². The van der Waals surface area contributed by atoms with E-state index in [1.54, 1.807) is 38.2 Å². The molecule has 4 rings (SSSR count). The number of hydrogen-bond acceptors (Lipinski definition) is 5. The summed E-state index contributed by atoms with van der Waals surface area (Å²) in [6, 6.07) is 11.7. The number of halogens is 3. The first-order valence-corrected chi connectivity index (χ1v) is 10.4. The summed E-state index contributed by atoms with van der Waals surface area (Å²) < 4.78 is 37.8. The number of amides is 3. The number of aromatic nitrogens is 1. The monoisotopic (exact) mass is 460 g/mol. The number of hydrogen-bond donors (Lipinski definition) is 1. The first-order valence-electron chi connectivity index (χ1n) is 9.63. The fourth-order valence-corrected chi connectivity index (χ4v) is 4.23. The molecule has 32 heavy (non-hydrogen) atoms. The van der Waals surface area contributed by atoms with E-state index in [2.05, 4.69) is 4.98 Å². The molecule has 2 N–H and O–H groups in total. The van der Waals surface area contributed by atoms with E-state index in [9.17, 15) is 22.8 Å². The maximum Gasteiger partial charge on any atom is 0.446 e. The van der Waals surface area contributed by atoms with Crippen LogP contribution in [0.15, 0.2) is 59.6 Å². The summed E-state index contributed by atoms with van der Waals surface area (Å²) in [4.78, 5) is 33.1. The second kappa shape index (κ2) is 7.70. The number of rotatable bonds is 4. The molecule has 10 heteroatoms. The summed E-state index contributed by atoms with van der Waals surface area (Å²) in [5, 5.41) is 0.774. The zero-order valence-corrected chi connectivity index (χ0v) is 18.0. The Morgan fingerprint density at radius 2 is 1.75 bits per heavy atom. The number of para-hydroxylation sites is 1. The predicted molar refractivity (Wildman–Crippen MR) is 117 cm³/mol. The average molecular weight is 460 g/mol. The largest absolute Gasteiger partial charge is 0.446 e. The number of pyridine rings is 1. The third-order valence-electron chi connectivity index (χ3n) is 5.37. The topological polar surface area (TPSA) is 79.5 Å². The molecular weight excluding hydrogens is 441 g/mol. The predicted octanol–water partition coefficient (Wildman–Crippen LogP) is 5.18. The number of carbonyl (C=O) groups is 2. The molecule has 0 radical (unpaired) electrons. The van der Waals surface area contributed by atoms with Crippen LogP contribution in [0, 0.1) is 0 Å². The average Bonchev–Trinajstić information content (AvgIpc) is 2.88. The van der Waals surface area contributed by atoms with Gasteiger partial charge < -0.3 is 10.6 Å². The van der Waals surface area contributed by atoms with Crippen LogP contribution < -0.4 is 10.6 Å². The number of nitrogens with zero attached hydrogens (tertiary/aromatic N) is 3. The smallest absolute Gasteiger partial charge is 0.397 e. The highest BCUT2D eigenvalue weighted by Gasteiger charge is 2.51. The van der Waals surface area contributed by atoms with Gasteiger partial charge in [-0.2, -0.15) is 13.2 Å². The zero-order chi connectivity index (χ0) is 23.3. The molecule has 3 aromatic rings. The Morgan fingerprint density at radius 3 is 2.41 bits per heavy atom. The Hall–Kier alpha value is -3.27. The van der Waals surface area contributed by atoms with Crippen molar-refractivity contribution < 1.29 is 22.8 Å². The van der Waals surface area contributed by atoms with E-state index in [0.717, 1.165) is 15.8 Å². The molecule has 1 fully saturated rings. The van der Waals surface area contributed by atoms with Gasteiger partial charge >= 0.3 is 11.5 Å². The van der Waals surface area contributed by atoms with E-state index in [-0.39, 0.29) is 28.9 Å². The molecule has 3 amide bonds. The number of benzene rings is 2. The molecule has 6 nitrogen and oxygen atoms in total. The standard InChI is InChI=1S/C22H19F3N4O2S/c1-21(2)19(30)29(14-6-8-15(9-7-14)32-22(23,24)25)20(31)28(21)12-13-10-11-27-18-16(13)4-3-5-17(18)26/h3-11H,12,26H2,1-2H3. The van der Waals surface area contributed by atoms with Crippen molar-refractivity contribution in [3.8, 4) is 0 Å². The van der Waals surface area contributed by atoms with Crippen molar-refractivity contribution in [2.75, 3.05) is 10.6 Å². The highest BCUT2D eigenvalue weighted by Crippen LogP contribution is 2.39. The Morgan fingerprint density at radius 1 is 1.06 bits per heavy atom. The number of anilines is 2. The van der Waals surface area contributed by atoms with Gasteiger partial charge in [0.25, 0.3) is 5.91 Å². The van der Waals surface area contributed by atoms with Crippen molar-refractivity contribution >= 4 is 46.0 Å². The van der Waals surface area contributed by atoms with Gasteiger partial charge in [-0.3, -0.25) is 9.78 Å². The summed E-state index contributed by atoms with van der Waals surface area (Å²) in [5.74, 6) is -0.461. The van der Waals surface area contributed by atoms with Crippen molar-refractivity contribution in [3.63, 3.8) is 0 Å². The highest BCUT2D eigenvalue weighted by molar-refractivity contribution is 8.00. The second-order valence-electron chi connectivity index (χ2n) is 7.82. The van der Waals surface area contributed by atoms with Crippen LogP contribution in [-0.4, -0.2) is 32.9 Å². The molecule has 0 atom stereocenters. The van der Waals surface area contributed by atoms with Crippen LogP contribution in [0.1, 0.15) is 19.4 Å². The van der Waals surface area contributed by atoms with Crippen LogP contribution in [0.2, 0.25) is 0 Å². The summed E-state index contributed by atoms with van der Waals surface area (Å²) in [7, 11) is 0. The van der Waals surface area contributed by atoms with Crippen LogP contribution in [0.3, 0.4) is 0 Å². The van der Waals surface area contributed by atoms with Crippen LogP contribution >= 0.6 is 11.8 Å². The Balaban J connectivity index is 1.66. The third-order valence-corrected chi connectivity index (χ3v) is 6.11. The lowest BCUT2D eigenvalue weighted by Gasteiger charge is -2.28. The molecule has 0 spiro atoms. The second-order valence-corrected chi connectivity index (χ2v) is 8.96. The van der Waals surface area contributed by atoms with Crippen molar-refractivity contribution in [1.29, 1.82) is 0 Å². The SMILES string of the molecule is CC1(C)C(=O)N(c2ccc(SC(F)(F)F)cc2)C(=O)N1Cc1ccnc2c(N)cccc12. The molecule has 0 aliphatic carbocycles. The quantitative estimate of drug-likeness (QED) is 0.330. The minimum atomic E-state index is -4.42. The normalized spacial score (nSPS) is 16.3. The number of alkyl halides is 3. The van der Waals surface area contributed by atoms with Crippen LogP contribution in [-0.2, 0) is 11.3 Å². The number of thioether (sulfide) groups is 1. The number of nitrogen functional groups attached to an aromatic ring is 1. The van der Waals surface area contributed by atoms with E-state index in [0.29, 0.717) is 11.2 Å². The van der Waals surface area contributed by atoms with Gasteiger partial charge in [-0.1, -0.05) is 12.1 Å². The summed E-state index contributed by atoms with van der Waals surface area (Å²) in [6.07, 6.45) is 1.60. The number of carbonyl (C=O) groups excluding carboxylic acids is 2. The molecule has 2 aromatic carbocycles. The van der Waals surface area contributed by atoms with E-state index in [1.807, 2.05) is 6.07 Å². The van der Waals surface area contributed by atoms with Gasteiger partial charge in [-0.15, -0.1) is 0 Å². The number of urea groups is 1. The van der Waals surface area contributed by atoms with Crippen molar-refractivity contribution in [2.45, 2.75) is 36.3 Å². The molecule has 2 heterocycles. The summed E-state index contributed by atoms with van der Waals surface area (Å²) >= 11 is -0.257. The maximum atomic E-state index is 13.3. The zero-order valence-electron chi connectivity index (χ0n) is 17.2. The van der Waals surface area contributed by atoms with Crippen molar-refractivity contribution in [3.05, 3.63) is 60.3 Å². The lowest BCUT2D eigenvalue weighted by Crippen LogP contribution is -2.43. The summed E-state index contributed by atoms with van der Waals surface area (Å²) in [5.41, 5.74) is 2.53. The maximum absolute atomic E-state index is 13.3. The van der Waals surface area contributed by atoms with Gasteiger partial charge in [0.05, 0.1) is 16.9 Å². The highest BCUT2D eigenvalue weighted by atomic mass is 32.2. The third kappa shape index (κ3) is 3.86. The van der Waals surface area contributed by atoms with E-state index in [4.69, 9.17) is 5.73 Å². The van der Waals surface area contributed by atoms with Crippen LogP contribution in [0.4, 0.5) is 29.3 Å². The van der Waals surface area contributed by atoms with Crippen LogP contribution in [0.5, 0.6) is 0 Å². The molecule has 0 unspecified atom stereocenters. The Kier molecular flexibility index (Phi) is 5.28. The first-order chi connectivity index (χ1) is 15.0. The Labute approximate surface area is 186 Å². The van der Waals surface area contributed by atoms with Gasteiger partial charge in [0.15, 0.2) is 0 Å². The molecule has 1 aromatic heterocycles. The number of fused-ring (bicyclic) bond motifs is 1. The number of imide groups is 1. The summed E-state index contributed by atoms with van der Waals surface area (Å²) in [6.45, 7) is 3.41. The number of nitrogens with two attached hydrogens (primary N) is 1. The van der Waals surface area contributed by atoms with Gasteiger partial charge in [0, 0.05) is 23.0 Å². The molecule has 1 aliphatic rings. The van der Waals surface area contributed by atoms with Crippen molar-refractivity contribution in [2.24, 2.45) is 0 Å². The fraction of sp³-hybridized carbons (Fsp3) is 0.227. The molecule has 0 saturated carbocycles. The molecule has 166 valence electrons. The molecule has 1 saturated heterocycles. The fourth-order valence-electron chi connectivity index (χ4n) is 3.69. The van der Waals surface area contributed by atoms with E-state index < -0.39 is 23.0 Å². The van der Waals surface area contributed by atoms with Gasteiger partial charge in [-0.25, -0.2) is 9.69 Å². The van der Waals surface area contributed by atoms with Gasteiger partial charge in [0.1, 0.15) is 5.54 Å². The molecule has 1 aliphatic heterocycles. The van der Waals surface area contributed by atoms with Gasteiger partial charge in [0.2, 0.25) is 0 Å².